The van der Waals surface area contributed by atoms with Crippen LogP contribution in [0, 0.1) is 0 Å². The monoisotopic (exact) mass is 342 g/mol. The number of carboxylic acids is 1. The fraction of sp³-hybridized carbons (Fsp3) is 0.111. The third-order valence-corrected chi connectivity index (χ3v) is 4.11. The van der Waals surface area contributed by atoms with Gasteiger partial charge in [-0.25, -0.2) is 0 Å². The van der Waals surface area contributed by atoms with Crippen LogP contribution >= 0.6 is 11.6 Å². The second-order valence-electron chi connectivity index (χ2n) is 5.52. The van der Waals surface area contributed by atoms with Crippen LogP contribution in [0.5, 0.6) is 0 Å². The van der Waals surface area contributed by atoms with Gasteiger partial charge in [-0.15, -0.1) is 0 Å². The van der Waals surface area contributed by atoms with E-state index < -0.39 is 11.9 Å². The van der Waals surface area contributed by atoms with Crippen molar-refractivity contribution in [2.75, 3.05) is 5.32 Å². The van der Waals surface area contributed by atoms with Gasteiger partial charge >= 0.3 is 5.97 Å². The fourth-order valence-electron chi connectivity index (χ4n) is 2.54. The Labute approximate surface area is 143 Å². The molecule has 0 aliphatic carbocycles. The van der Waals surface area contributed by atoms with Gasteiger partial charge in [0.15, 0.2) is 0 Å². The van der Waals surface area contributed by atoms with E-state index in [0.717, 1.165) is 10.9 Å². The minimum Gasteiger partial charge on any atom is -0.481 e. The van der Waals surface area contributed by atoms with Crippen molar-refractivity contribution in [3.8, 4) is 0 Å². The minimum atomic E-state index is -0.947. The highest BCUT2D eigenvalue weighted by Crippen LogP contribution is 2.26. The molecule has 122 valence electrons. The number of halogens is 1. The summed E-state index contributed by atoms with van der Waals surface area (Å²) in [5.41, 5.74) is 2.22. The number of nitrogens with one attached hydrogen (secondary N) is 2. The number of aliphatic carboxylic acids is 1. The number of benzene rings is 2. The number of H-pyrrole nitrogens is 1. The third kappa shape index (κ3) is 3.12. The van der Waals surface area contributed by atoms with Crippen molar-refractivity contribution in [3.63, 3.8) is 0 Å². The molecule has 3 rings (SSSR count). The van der Waals surface area contributed by atoms with Gasteiger partial charge in [-0.2, -0.15) is 0 Å². The molecule has 5 nitrogen and oxygen atoms in total. The van der Waals surface area contributed by atoms with Gasteiger partial charge < -0.3 is 15.4 Å². The van der Waals surface area contributed by atoms with E-state index in [1.54, 1.807) is 55.5 Å². The predicted octanol–water partition coefficient (Wildman–Crippen LogP) is 4.26. The molecule has 1 unspecified atom stereocenters. The lowest BCUT2D eigenvalue weighted by molar-refractivity contribution is -0.138. The molecule has 0 saturated carbocycles. The quantitative estimate of drug-likeness (QED) is 0.662. The normalized spacial score (nSPS) is 12.1. The summed E-state index contributed by atoms with van der Waals surface area (Å²) in [6.07, 6.45) is 0. The third-order valence-electron chi connectivity index (χ3n) is 3.87. The number of amides is 1. The molecule has 24 heavy (non-hydrogen) atoms. The van der Waals surface area contributed by atoms with Crippen LogP contribution in [0.4, 0.5) is 5.69 Å². The molecule has 1 aromatic heterocycles. The number of aromatic nitrogens is 1. The lowest BCUT2D eigenvalue weighted by Crippen LogP contribution is -2.16. The number of aromatic amines is 1. The van der Waals surface area contributed by atoms with Gasteiger partial charge in [0.1, 0.15) is 5.69 Å². The molecule has 0 spiro atoms. The van der Waals surface area contributed by atoms with Crippen LogP contribution in [0.15, 0.2) is 48.5 Å². The van der Waals surface area contributed by atoms with Crippen molar-refractivity contribution >= 4 is 40.1 Å². The van der Waals surface area contributed by atoms with E-state index in [4.69, 9.17) is 11.6 Å². The molecule has 6 heteroatoms. The average molecular weight is 343 g/mol. The number of hydrogen-bond donors (Lipinski definition) is 3. The first-order valence-corrected chi connectivity index (χ1v) is 7.75. The molecule has 0 fully saturated rings. The zero-order chi connectivity index (χ0) is 17.3. The van der Waals surface area contributed by atoms with E-state index in [2.05, 4.69) is 10.3 Å². The van der Waals surface area contributed by atoms with Crippen LogP contribution in [0.25, 0.3) is 10.9 Å². The van der Waals surface area contributed by atoms with Crippen molar-refractivity contribution in [2.45, 2.75) is 12.8 Å². The van der Waals surface area contributed by atoms with Crippen molar-refractivity contribution in [3.05, 3.63) is 64.8 Å². The van der Waals surface area contributed by atoms with E-state index in [1.165, 1.54) is 0 Å². The van der Waals surface area contributed by atoms with Gasteiger partial charge in [-0.1, -0.05) is 29.8 Å². The second kappa shape index (κ2) is 6.37. The van der Waals surface area contributed by atoms with Crippen molar-refractivity contribution in [1.29, 1.82) is 0 Å². The van der Waals surface area contributed by atoms with E-state index in [1.807, 2.05) is 0 Å². The number of hydrogen-bond acceptors (Lipinski definition) is 2. The standard InChI is InChI=1S/C18H15ClN2O3/c1-10(18(23)24)13-4-2-3-5-15(13)21-17(22)16-9-11-8-12(19)6-7-14(11)20-16/h2-10,20H,1H3,(H,21,22)(H,23,24). The Kier molecular flexibility index (Phi) is 4.27. The van der Waals surface area contributed by atoms with Gasteiger partial charge in [-0.05, 0) is 42.8 Å². The van der Waals surface area contributed by atoms with E-state index in [9.17, 15) is 14.7 Å². The van der Waals surface area contributed by atoms with Crippen molar-refractivity contribution in [2.24, 2.45) is 0 Å². The smallest absolute Gasteiger partial charge is 0.310 e. The number of carboxylic acid groups (broad SMARTS) is 1. The van der Waals surface area contributed by atoms with Gasteiger partial charge in [0.2, 0.25) is 0 Å². The molecule has 1 atom stereocenters. The zero-order valence-electron chi connectivity index (χ0n) is 12.8. The maximum absolute atomic E-state index is 12.5. The number of rotatable bonds is 4. The maximum atomic E-state index is 12.5. The predicted molar refractivity (Wildman–Crippen MR) is 93.8 cm³/mol. The van der Waals surface area contributed by atoms with Gasteiger partial charge in [0.05, 0.1) is 5.92 Å². The van der Waals surface area contributed by atoms with Crippen LogP contribution < -0.4 is 5.32 Å². The number of para-hydroxylation sites is 1. The Morgan fingerprint density at radius 3 is 2.67 bits per heavy atom. The molecule has 1 heterocycles. The molecular weight excluding hydrogens is 328 g/mol. The largest absolute Gasteiger partial charge is 0.481 e. The Bertz CT molecular complexity index is 933. The molecule has 0 saturated heterocycles. The number of carbonyl (C=O) groups excluding carboxylic acids is 1. The topological polar surface area (TPSA) is 82.2 Å². The van der Waals surface area contributed by atoms with E-state index in [-0.39, 0.29) is 5.91 Å². The van der Waals surface area contributed by atoms with Crippen LogP contribution in [0.2, 0.25) is 5.02 Å². The highest BCUT2D eigenvalue weighted by molar-refractivity contribution is 6.31. The van der Waals surface area contributed by atoms with Crippen LogP contribution in [0.1, 0.15) is 28.9 Å². The fourth-order valence-corrected chi connectivity index (χ4v) is 2.72. The molecule has 0 radical (unpaired) electrons. The molecule has 0 aliphatic rings. The SMILES string of the molecule is CC(C(=O)O)c1ccccc1NC(=O)c1cc2cc(Cl)ccc2[nH]1. The van der Waals surface area contributed by atoms with Crippen LogP contribution in [-0.4, -0.2) is 22.0 Å². The summed E-state index contributed by atoms with van der Waals surface area (Å²) in [7, 11) is 0. The molecule has 3 N–H and O–H groups in total. The summed E-state index contributed by atoms with van der Waals surface area (Å²) >= 11 is 5.95. The summed E-state index contributed by atoms with van der Waals surface area (Å²) in [5, 5.41) is 13.4. The van der Waals surface area contributed by atoms with Crippen LogP contribution in [-0.2, 0) is 4.79 Å². The minimum absolute atomic E-state index is 0.340. The second-order valence-corrected chi connectivity index (χ2v) is 5.95. The van der Waals surface area contributed by atoms with Crippen molar-refractivity contribution in [1.82, 2.24) is 4.98 Å². The average Bonchev–Trinajstić information content (AvgIpc) is 2.97. The lowest BCUT2D eigenvalue weighted by Gasteiger charge is -2.13. The molecule has 0 aliphatic heterocycles. The first-order valence-electron chi connectivity index (χ1n) is 7.37. The summed E-state index contributed by atoms with van der Waals surface area (Å²) < 4.78 is 0. The molecule has 2 aromatic carbocycles. The van der Waals surface area contributed by atoms with Crippen molar-refractivity contribution < 1.29 is 14.7 Å². The molecule has 1 amide bonds. The van der Waals surface area contributed by atoms with E-state index in [0.29, 0.717) is 22.0 Å². The highest BCUT2D eigenvalue weighted by atomic mass is 35.5. The Balaban J connectivity index is 1.90. The number of carbonyl (C=O) groups is 2. The van der Waals surface area contributed by atoms with Gasteiger partial charge in [-0.3, -0.25) is 9.59 Å². The highest BCUT2D eigenvalue weighted by Gasteiger charge is 2.19. The number of fused-ring (bicyclic) bond motifs is 1. The first-order chi connectivity index (χ1) is 11.5. The maximum Gasteiger partial charge on any atom is 0.310 e. The van der Waals surface area contributed by atoms with E-state index >= 15 is 0 Å². The molecule has 3 aromatic rings. The first kappa shape index (κ1) is 16.1. The Morgan fingerprint density at radius 2 is 1.92 bits per heavy atom. The summed E-state index contributed by atoms with van der Waals surface area (Å²) in [4.78, 5) is 26.7. The molecule has 0 bridgehead atoms. The van der Waals surface area contributed by atoms with Gasteiger partial charge in [0, 0.05) is 21.6 Å². The lowest BCUT2D eigenvalue weighted by atomic mass is 9.99. The Morgan fingerprint density at radius 1 is 1.17 bits per heavy atom. The summed E-state index contributed by atoms with van der Waals surface area (Å²) in [6, 6.07) is 13.9. The zero-order valence-corrected chi connectivity index (χ0v) is 13.6. The van der Waals surface area contributed by atoms with Crippen LogP contribution in [0.3, 0.4) is 0 Å². The van der Waals surface area contributed by atoms with Gasteiger partial charge in [0.25, 0.3) is 5.91 Å². The molecular formula is C18H15ClN2O3. The summed E-state index contributed by atoms with van der Waals surface area (Å²) in [5.74, 6) is -2.01. The Hall–Kier alpha value is -2.79. The number of anilines is 1. The summed E-state index contributed by atoms with van der Waals surface area (Å²) in [6.45, 7) is 1.58.